The van der Waals surface area contributed by atoms with Crippen LogP contribution < -0.4 is 15.4 Å². The van der Waals surface area contributed by atoms with E-state index in [1.54, 1.807) is 0 Å². The Morgan fingerprint density at radius 3 is 2.95 bits per heavy atom. The highest BCUT2D eigenvalue weighted by Gasteiger charge is 2.15. The molecular weight excluding hydrogens is 260 g/mol. The number of benzene rings is 1. The summed E-state index contributed by atoms with van der Waals surface area (Å²) in [5.41, 5.74) is 2.47. The normalized spacial score (nSPS) is 20.6. The molecule has 3 nitrogen and oxygen atoms in total. The second-order valence-corrected chi connectivity index (χ2v) is 6.19. The van der Waals surface area contributed by atoms with Gasteiger partial charge in [0.2, 0.25) is 0 Å². The van der Waals surface area contributed by atoms with E-state index in [-0.39, 0.29) is 0 Å². The van der Waals surface area contributed by atoms with Gasteiger partial charge >= 0.3 is 0 Å². The van der Waals surface area contributed by atoms with Gasteiger partial charge in [-0.05, 0) is 70.3 Å². The van der Waals surface area contributed by atoms with E-state index in [1.807, 2.05) is 6.92 Å². The molecule has 1 aromatic carbocycles. The molecule has 1 aliphatic rings. The summed E-state index contributed by atoms with van der Waals surface area (Å²) in [6, 6.07) is 7.45. The third kappa shape index (κ3) is 5.24. The molecule has 118 valence electrons. The molecule has 1 fully saturated rings. The Balaban J connectivity index is 1.88. The molecule has 0 bridgehead atoms. The molecule has 0 aromatic heterocycles. The first-order chi connectivity index (χ1) is 10.2. The molecule has 0 radical (unpaired) electrons. The van der Waals surface area contributed by atoms with Crippen LogP contribution in [0.2, 0.25) is 0 Å². The van der Waals surface area contributed by atoms with Crippen LogP contribution in [0.1, 0.15) is 51.5 Å². The third-order valence-corrected chi connectivity index (χ3v) is 4.21. The van der Waals surface area contributed by atoms with Crippen molar-refractivity contribution in [3.05, 3.63) is 23.8 Å². The second kappa shape index (κ2) is 8.28. The molecule has 2 N–H and O–H groups in total. The number of hydrogen-bond acceptors (Lipinski definition) is 3. The smallest absolute Gasteiger partial charge is 0.119 e. The van der Waals surface area contributed by atoms with E-state index < -0.39 is 0 Å². The fraction of sp³-hybridized carbons (Fsp3) is 0.667. The van der Waals surface area contributed by atoms with Crippen LogP contribution in [0.15, 0.2) is 18.2 Å². The van der Waals surface area contributed by atoms with Gasteiger partial charge in [0, 0.05) is 17.8 Å². The number of nitrogens with one attached hydrogen (secondary N) is 2. The summed E-state index contributed by atoms with van der Waals surface area (Å²) < 4.78 is 5.54. The van der Waals surface area contributed by atoms with Crippen molar-refractivity contribution in [1.29, 1.82) is 0 Å². The maximum atomic E-state index is 5.54. The fourth-order valence-electron chi connectivity index (χ4n) is 3.11. The van der Waals surface area contributed by atoms with Crippen LogP contribution in [-0.4, -0.2) is 25.2 Å². The van der Waals surface area contributed by atoms with E-state index in [4.69, 9.17) is 4.74 Å². The fourth-order valence-corrected chi connectivity index (χ4v) is 3.11. The van der Waals surface area contributed by atoms with Gasteiger partial charge in [-0.1, -0.05) is 12.8 Å². The predicted octanol–water partition coefficient (Wildman–Crippen LogP) is 4.12. The van der Waals surface area contributed by atoms with Crippen LogP contribution in [0.4, 0.5) is 5.69 Å². The van der Waals surface area contributed by atoms with Gasteiger partial charge in [-0.25, -0.2) is 0 Å². The molecule has 0 spiro atoms. The van der Waals surface area contributed by atoms with Gasteiger partial charge in [-0.3, -0.25) is 0 Å². The van der Waals surface area contributed by atoms with E-state index in [1.165, 1.54) is 49.9 Å². The van der Waals surface area contributed by atoms with Gasteiger partial charge in [0.15, 0.2) is 0 Å². The van der Waals surface area contributed by atoms with Crippen molar-refractivity contribution >= 4 is 5.69 Å². The predicted molar refractivity (Wildman–Crippen MR) is 90.3 cm³/mol. The molecule has 0 amide bonds. The van der Waals surface area contributed by atoms with Gasteiger partial charge in [0.25, 0.3) is 0 Å². The van der Waals surface area contributed by atoms with Crippen LogP contribution in [0.5, 0.6) is 5.75 Å². The van der Waals surface area contributed by atoms with Crippen molar-refractivity contribution in [2.24, 2.45) is 0 Å². The SMILES string of the molecule is CCOc1ccc(NC(C)CC2CCCCCN2)c(C)c1. The Hall–Kier alpha value is -1.22. The maximum absolute atomic E-state index is 5.54. The van der Waals surface area contributed by atoms with Gasteiger partial charge in [-0.2, -0.15) is 0 Å². The Kier molecular flexibility index (Phi) is 6.37. The molecule has 0 aliphatic carbocycles. The highest BCUT2D eigenvalue weighted by molar-refractivity contribution is 5.54. The van der Waals surface area contributed by atoms with Gasteiger partial charge in [0.1, 0.15) is 5.75 Å². The highest BCUT2D eigenvalue weighted by atomic mass is 16.5. The molecule has 0 saturated carbocycles. The summed E-state index contributed by atoms with van der Waals surface area (Å²) in [5.74, 6) is 0.957. The van der Waals surface area contributed by atoms with Crippen molar-refractivity contribution < 1.29 is 4.74 Å². The van der Waals surface area contributed by atoms with Crippen LogP contribution in [-0.2, 0) is 0 Å². The van der Waals surface area contributed by atoms with Crippen molar-refractivity contribution in [2.75, 3.05) is 18.5 Å². The topological polar surface area (TPSA) is 33.3 Å². The Morgan fingerprint density at radius 2 is 2.19 bits per heavy atom. The molecular formula is C18H30N2O. The van der Waals surface area contributed by atoms with Crippen LogP contribution >= 0.6 is 0 Å². The van der Waals surface area contributed by atoms with E-state index in [0.717, 1.165) is 12.4 Å². The molecule has 2 atom stereocenters. The Bertz CT molecular complexity index is 425. The zero-order valence-corrected chi connectivity index (χ0v) is 13.7. The number of rotatable bonds is 6. The van der Waals surface area contributed by atoms with E-state index in [2.05, 4.69) is 42.7 Å². The molecule has 1 aromatic rings. The maximum Gasteiger partial charge on any atom is 0.119 e. The quantitative estimate of drug-likeness (QED) is 0.827. The highest BCUT2D eigenvalue weighted by Crippen LogP contribution is 2.23. The number of anilines is 1. The molecule has 1 heterocycles. The van der Waals surface area contributed by atoms with E-state index in [9.17, 15) is 0 Å². The molecule has 2 unspecified atom stereocenters. The lowest BCUT2D eigenvalue weighted by Gasteiger charge is -2.23. The molecule has 1 aliphatic heterocycles. The van der Waals surface area contributed by atoms with Crippen molar-refractivity contribution in [2.45, 2.75) is 65.0 Å². The van der Waals surface area contributed by atoms with Crippen molar-refractivity contribution in [1.82, 2.24) is 5.32 Å². The summed E-state index contributed by atoms with van der Waals surface area (Å²) in [5, 5.41) is 7.33. The van der Waals surface area contributed by atoms with Crippen LogP contribution in [0.3, 0.4) is 0 Å². The number of hydrogen-bond donors (Lipinski definition) is 2. The third-order valence-electron chi connectivity index (χ3n) is 4.21. The molecule has 1 saturated heterocycles. The Morgan fingerprint density at radius 1 is 1.33 bits per heavy atom. The van der Waals surface area contributed by atoms with Crippen molar-refractivity contribution in [3.8, 4) is 5.75 Å². The average Bonchev–Trinajstić information content (AvgIpc) is 2.71. The lowest BCUT2D eigenvalue weighted by molar-refractivity contribution is 0.340. The largest absolute Gasteiger partial charge is 0.494 e. The second-order valence-electron chi connectivity index (χ2n) is 6.19. The summed E-state index contributed by atoms with van der Waals surface area (Å²) in [7, 11) is 0. The lowest BCUT2D eigenvalue weighted by Crippen LogP contribution is -2.33. The van der Waals surface area contributed by atoms with Crippen molar-refractivity contribution in [3.63, 3.8) is 0 Å². The summed E-state index contributed by atoms with van der Waals surface area (Å²) >= 11 is 0. The summed E-state index contributed by atoms with van der Waals surface area (Å²) in [6.45, 7) is 8.34. The average molecular weight is 290 g/mol. The molecule has 3 heteroatoms. The summed E-state index contributed by atoms with van der Waals surface area (Å²) in [4.78, 5) is 0. The number of ether oxygens (including phenoxy) is 1. The zero-order valence-electron chi connectivity index (χ0n) is 13.7. The minimum atomic E-state index is 0.484. The monoisotopic (exact) mass is 290 g/mol. The zero-order chi connectivity index (χ0) is 15.1. The lowest BCUT2D eigenvalue weighted by atomic mass is 10.0. The van der Waals surface area contributed by atoms with Crippen LogP contribution in [0, 0.1) is 6.92 Å². The first kappa shape index (κ1) is 16.2. The minimum Gasteiger partial charge on any atom is -0.494 e. The van der Waals surface area contributed by atoms with Gasteiger partial charge in [0.05, 0.1) is 6.61 Å². The first-order valence-corrected chi connectivity index (χ1v) is 8.42. The van der Waals surface area contributed by atoms with E-state index in [0.29, 0.717) is 12.1 Å². The Labute approximate surface area is 129 Å². The van der Waals surface area contributed by atoms with E-state index >= 15 is 0 Å². The minimum absolute atomic E-state index is 0.484. The van der Waals surface area contributed by atoms with Gasteiger partial charge in [-0.15, -0.1) is 0 Å². The number of aryl methyl sites for hydroxylation is 1. The first-order valence-electron chi connectivity index (χ1n) is 8.42. The van der Waals surface area contributed by atoms with Gasteiger partial charge < -0.3 is 15.4 Å². The molecule has 2 rings (SSSR count). The molecule has 21 heavy (non-hydrogen) atoms. The standard InChI is InChI=1S/C18H30N2O/c1-4-21-17-9-10-18(14(2)12-17)20-15(3)13-16-8-6-5-7-11-19-16/h9-10,12,15-16,19-20H,4-8,11,13H2,1-3H3. The van der Waals surface area contributed by atoms with Crippen LogP contribution in [0.25, 0.3) is 0 Å². The summed E-state index contributed by atoms with van der Waals surface area (Å²) in [6.07, 6.45) is 6.58.